The molecule has 0 aliphatic carbocycles. The molecule has 0 aliphatic rings. The largest absolute Gasteiger partial charge is 0.472 e. The molecule has 3 atom stereocenters. The van der Waals surface area contributed by atoms with Gasteiger partial charge in [-0.15, -0.1) is 0 Å². The molecule has 0 amide bonds. The van der Waals surface area contributed by atoms with Gasteiger partial charge in [-0.2, -0.15) is 0 Å². The monoisotopic (exact) mass is 991 g/mol. The molecular formula is C58H103O10P. The molecule has 0 radical (unpaired) electrons. The van der Waals surface area contributed by atoms with Crippen molar-refractivity contribution in [2.24, 2.45) is 0 Å². The van der Waals surface area contributed by atoms with Gasteiger partial charge in [0.15, 0.2) is 0 Å². The van der Waals surface area contributed by atoms with Gasteiger partial charge in [0.05, 0.1) is 26.4 Å². The zero-order chi connectivity index (χ0) is 50.4. The molecular weight excluding hydrogens is 888 g/mol. The van der Waals surface area contributed by atoms with Crippen LogP contribution in [0.5, 0.6) is 0 Å². The van der Waals surface area contributed by atoms with Gasteiger partial charge in [0, 0.05) is 12.8 Å². The first-order valence-electron chi connectivity index (χ1n) is 27.9. The van der Waals surface area contributed by atoms with Gasteiger partial charge in [-0.3, -0.25) is 18.6 Å². The van der Waals surface area contributed by atoms with Crippen LogP contribution in [-0.4, -0.2) is 65.7 Å². The van der Waals surface area contributed by atoms with Gasteiger partial charge in [-0.1, -0.05) is 222 Å². The summed E-state index contributed by atoms with van der Waals surface area (Å²) in [6, 6.07) is 0. The first-order valence-corrected chi connectivity index (χ1v) is 29.4. The molecule has 11 heteroatoms. The number of carbonyl (C=O) groups excluding carboxylic acids is 2. The van der Waals surface area contributed by atoms with E-state index in [-0.39, 0.29) is 12.8 Å². The molecule has 0 spiro atoms. The summed E-state index contributed by atoms with van der Waals surface area (Å²) in [7, 11) is -4.65. The highest BCUT2D eigenvalue weighted by Gasteiger charge is 2.27. The number of hydrogen-bond acceptors (Lipinski definition) is 9. The topological polar surface area (TPSA) is 149 Å². The fraction of sp³-hybridized carbons (Fsp3) is 0.759. The van der Waals surface area contributed by atoms with Gasteiger partial charge in [-0.05, 0) is 83.5 Å². The van der Waals surface area contributed by atoms with Crippen LogP contribution in [0.1, 0.15) is 245 Å². The predicted molar refractivity (Wildman–Crippen MR) is 288 cm³/mol. The number of carbonyl (C=O) groups is 2. The fourth-order valence-electron chi connectivity index (χ4n) is 7.67. The molecule has 0 heterocycles. The van der Waals surface area contributed by atoms with E-state index >= 15 is 0 Å². The summed E-state index contributed by atoms with van der Waals surface area (Å²) in [6.07, 6.45) is 64.5. The lowest BCUT2D eigenvalue weighted by Crippen LogP contribution is -2.28. The molecule has 0 rings (SSSR count). The standard InChI is InChI=1S/C58H103O10P/c1-3-5-7-9-11-13-15-17-19-21-23-25-27-29-31-33-35-37-39-41-43-45-47-49-57(61)67-55(51-59)53-65-69(63,64)66-54-56(52-60)68-58(62)50-48-46-44-42-40-38-36-34-32-30-28-26-24-22-20-18-16-14-12-10-8-6-4-2/h5,7,11,13,16-19,22-25,55-56,59-60H,3-4,6,8-10,12,14-15,20-21,26-54H2,1-2H3,(H,63,64)/b7-5-,13-11-,18-16-,19-17-,24-22-,25-23-. The molecule has 3 unspecified atom stereocenters. The minimum absolute atomic E-state index is 0.184. The molecule has 0 aromatic carbocycles. The van der Waals surface area contributed by atoms with Gasteiger partial charge >= 0.3 is 19.8 Å². The van der Waals surface area contributed by atoms with Crippen LogP contribution in [0.3, 0.4) is 0 Å². The highest BCUT2D eigenvalue weighted by molar-refractivity contribution is 7.47. The third-order valence-electron chi connectivity index (χ3n) is 11.9. The predicted octanol–water partition coefficient (Wildman–Crippen LogP) is 16.3. The Bertz CT molecular complexity index is 1370. The van der Waals surface area contributed by atoms with Gasteiger partial charge in [0.2, 0.25) is 0 Å². The van der Waals surface area contributed by atoms with Crippen molar-refractivity contribution in [1.82, 2.24) is 0 Å². The first-order chi connectivity index (χ1) is 33.8. The molecule has 3 N–H and O–H groups in total. The van der Waals surface area contributed by atoms with E-state index in [2.05, 4.69) is 86.8 Å². The quantitative estimate of drug-likeness (QED) is 0.0233. The number of phosphoric ester groups is 1. The Kier molecular flexibility index (Phi) is 51.2. The van der Waals surface area contributed by atoms with E-state index < -0.39 is 58.4 Å². The Morgan fingerprint density at radius 2 is 0.681 bits per heavy atom. The lowest BCUT2D eigenvalue weighted by molar-refractivity contribution is -0.153. The number of aliphatic hydroxyl groups is 2. The van der Waals surface area contributed by atoms with Gasteiger partial charge in [-0.25, -0.2) is 4.57 Å². The van der Waals surface area contributed by atoms with Crippen LogP contribution in [0.25, 0.3) is 0 Å². The molecule has 69 heavy (non-hydrogen) atoms. The number of phosphoric acid groups is 1. The second-order valence-electron chi connectivity index (χ2n) is 18.5. The van der Waals surface area contributed by atoms with E-state index in [1.54, 1.807) is 0 Å². The van der Waals surface area contributed by atoms with E-state index in [0.717, 1.165) is 77.0 Å². The average Bonchev–Trinajstić information content (AvgIpc) is 3.34. The molecule has 0 saturated carbocycles. The van der Waals surface area contributed by atoms with Crippen LogP contribution in [0.15, 0.2) is 72.9 Å². The van der Waals surface area contributed by atoms with E-state index in [1.807, 2.05) is 0 Å². The molecule has 0 fully saturated rings. The smallest absolute Gasteiger partial charge is 0.457 e. The zero-order valence-electron chi connectivity index (χ0n) is 44.0. The molecule has 400 valence electrons. The highest BCUT2D eigenvalue weighted by atomic mass is 31.2. The summed E-state index contributed by atoms with van der Waals surface area (Å²) in [4.78, 5) is 34.8. The number of allylic oxidation sites excluding steroid dienone is 12. The summed E-state index contributed by atoms with van der Waals surface area (Å²) in [5.41, 5.74) is 0. The van der Waals surface area contributed by atoms with Crippen molar-refractivity contribution < 1.29 is 47.8 Å². The van der Waals surface area contributed by atoms with Gasteiger partial charge in [0.25, 0.3) is 0 Å². The van der Waals surface area contributed by atoms with E-state index in [9.17, 15) is 29.3 Å². The Balaban J connectivity index is 3.81. The molecule has 0 saturated heterocycles. The van der Waals surface area contributed by atoms with E-state index in [0.29, 0.717) is 12.8 Å². The average molecular weight is 991 g/mol. The third kappa shape index (κ3) is 51.6. The van der Waals surface area contributed by atoms with Crippen molar-refractivity contribution in [2.75, 3.05) is 26.4 Å². The van der Waals surface area contributed by atoms with Crippen LogP contribution in [0, 0.1) is 0 Å². The minimum Gasteiger partial charge on any atom is -0.457 e. The zero-order valence-corrected chi connectivity index (χ0v) is 44.9. The Morgan fingerprint density at radius 3 is 0.986 bits per heavy atom. The van der Waals surface area contributed by atoms with Crippen molar-refractivity contribution in [1.29, 1.82) is 0 Å². The Labute approximate surface area is 422 Å². The normalized spacial score (nSPS) is 14.1. The third-order valence-corrected chi connectivity index (χ3v) is 12.9. The van der Waals surface area contributed by atoms with Crippen molar-refractivity contribution >= 4 is 19.8 Å². The summed E-state index contributed by atoms with van der Waals surface area (Å²) in [5.74, 6) is -1.02. The van der Waals surface area contributed by atoms with Crippen LogP contribution < -0.4 is 0 Å². The second-order valence-corrected chi connectivity index (χ2v) is 20.0. The number of ether oxygens (including phenoxy) is 2. The lowest BCUT2D eigenvalue weighted by atomic mass is 10.0. The van der Waals surface area contributed by atoms with Crippen LogP contribution in [-0.2, 0) is 32.7 Å². The van der Waals surface area contributed by atoms with Crippen molar-refractivity contribution in [2.45, 2.75) is 257 Å². The van der Waals surface area contributed by atoms with Crippen molar-refractivity contribution in [3.63, 3.8) is 0 Å². The van der Waals surface area contributed by atoms with Crippen molar-refractivity contribution in [3.05, 3.63) is 72.9 Å². The van der Waals surface area contributed by atoms with E-state index in [4.69, 9.17) is 18.5 Å². The Hall–Kier alpha value is -2.59. The van der Waals surface area contributed by atoms with Gasteiger partial charge in [0.1, 0.15) is 12.2 Å². The molecule has 0 aliphatic heterocycles. The first kappa shape index (κ1) is 66.4. The maximum Gasteiger partial charge on any atom is 0.472 e. The SMILES string of the molecule is CC/C=C\C/C=C\C/C=C\C/C=C\CCCCCCCCCCCCC(=O)OC(CO)COP(=O)(O)OCC(CO)OC(=O)CCCCCCCCCCCCC/C=C\C/C=C\CCCCCCC. The molecule has 10 nitrogen and oxygen atoms in total. The number of hydrogen-bond donors (Lipinski definition) is 3. The summed E-state index contributed by atoms with van der Waals surface area (Å²) in [5, 5.41) is 19.3. The fourth-order valence-corrected chi connectivity index (χ4v) is 8.45. The van der Waals surface area contributed by atoms with Crippen LogP contribution in [0.4, 0.5) is 0 Å². The molecule has 0 aromatic rings. The number of esters is 2. The van der Waals surface area contributed by atoms with Crippen LogP contribution in [0.2, 0.25) is 0 Å². The summed E-state index contributed by atoms with van der Waals surface area (Å²) >= 11 is 0. The van der Waals surface area contributed by atoms with Gasteiger partial charge < -0.3 is 24.6 Å². The summed E-state index contributed by atoms with van der Waals surface area (Å²) < 4.78 is 32.8. The summed E-state index contributed by atoms with van der Waals surface area (Å²) in [6.45, 7) is 2.11. The minimum atomic E-state index is -4.65. The van der Waals surface area contributed by atoms with E-state index in [1.165, 1.54) is 128 Å². The second kappa shape index (κ2) is 53.2. The number of aliphatic hydroxyl groups excluding tert-OH is 2. The molecule has 0 aromatic heterocycles. The number of rotatable bonds is 52. The number of unbranched alkanes of at least 4 members (excludes halogenated alkanes) is 26. The van der Waals surface area contributed by atoms with Crippen molar-refractivity contribution in [3.8, 4) is 0 Å². The maximum absolute atomic E-state index is 12.5. The Morgan fingerprint density at radius 1 is 0.406 bits per heavy atom. The lowest BCUT2D eigenvalue weighted by Gasteiger charge is -2.20. The van der Waals surface area contributed by atoms with Crippen LogP contribution >= 0.6 is 7.82 Å². The maximum atomic E-state index is 12.5. The highest BCUT2D eigenvalue weighted by Crippen LogP contribution is 2.43. The molecule has 0 bridgehead atoms.